The van der Waals surface area contributed by atoms with E-state index in [4.69, 9.17) is 5.84 Å². The van der Waals surface area contributed by atoms with E-state index < -0.39 is 10.0 Å². The number of hydrogen-bond acceptors (Lipinski definition) is 6. The number of fused-ring (bicyclic) bond motifs is 1. The molecule has 0 saturated heterocycles. The summed E-state index contributed by atoms with van der Waals surface area (Å²) in [6.45, 7) is 1.94. The van der Waals surface area contributed by atoms with E-state index in [0.29, 0.717) is 17.8 Å². The van der Waals surface area contributed by atoms with Gasteiger partial charge in [-0.1, -0.05) is 13.0 Å². The van der Waals surface area contributed by atoms with Gasteiger partial charge >= 0.3 is 0 Å². The van der Waals surface area contributed by atoms with Gasteiger partial charge in [-0.15, -0.1) is 0 Å². The first-order valence-corrected chi connectivity index (χ1v) is 9.36. The summed E-state index contributed by atoms with van der Waals surface area (Å²) in [5.74, 6) is 6.25. The molecule has 9 heteroatoms. The van der Waals surface area contributed by atoms with Gasteiger partial charge in [0, 0.05) is 18.0 Å². The van der Waals surface area contributed by atoms with E-state index in [0.717, 1.165) is 0 Å². The summed E-state index contributed by atoms with van der Waals surface area (Å²) in [6.07, 6.45) is 4.30. The SMILES string of the molecule is CCC(CSC)NS(=O)(=O)c1c(NN)nc2ccccn12. The zero-order valence-electron chi connectivity index (χ0n) is 11.9. The van der Waals surface area contributed by atoms with Crippen molar-refractivity contribution in [2.24, 2.45) is 5.84 Å². The maximum Gasteiger partial charge on any atom is 0.260 e. The number of hydrazine groups is 1. The van der Waals surface area contributed by atoms with Crippen molar-refractivity contribution >= 4 is 33.3 Å². The molecule has 1 unspecified atom stereocenters. The number of thioether (sulfide) groups is 1. The van der Waals surface area contributed by atoms with Crippen LogP contribution in [-0.4, -0.2) is 35.9 Å². The lowest BCUT2D eigenvalue weighted by molar-refractivity contribution is 0.554. The van der Waals surface area contributed by atoms with Gasteiger partial charge in [0.2, 0.25) is 0 Å². The fraction of sp³-hybridized carbons (Fsp3) is 0.417. The van der Waals surface area contributed by atoms with Crippen LogP contribution in [0, 0.1) is 0 Å². The third-order valence-corrected chi connectivity index (χ3v) is 5.34. The Kier molecular flexibility index (Phi) is 5.09. The molecule has 0 amide bonds. The lowest BCUT2D eigenvalue weighted by atomic mass is 10.3. The highest BCUT2D eigenvalue weighted by molar-refractivity contribution is 7.98. The van der Waals surface area contributed by atoms with Crippen molar-refractivity contribution in [2.75, 3.05) is 17.4 Å². The average Bonchev–Trinajstić information content (AvgIpc) is 2.85. The van der Waals surface area contributed by atoms with Gasteiger partial charge in [-0.3, -0.25) is 4.40 Å². The van der Waals surface area contributed by atoms with Crippen LogP contribution < -0.4 is 16.0 Å². The van der Waals surface area contributed by atoms with Crippen LogP contribution in [0.15, 0.2) is 29.4 Å². The monoisotopic (exact) mass is 329 g/mol. The van der Waals surface area contributed by atoms with Crippen molar-refractivity contribution in [2.45, 2.75) is 24.4 Å². The Morgan fingerprint density at radius 1 is 1.48 bits per heavy atom. The highest BCUT2D eigenvalue weighted by Gasteiger charge is 2.27. The second-order valence-corrected chi connectivity index (χ2v) is 7.06. The fourth-order valence-electron chi connectivity index (χ4n) is 2.04. The molecule has 0 aliphatic rings. The zero-order chi connectivity index (χ0) is 15.5. The first kappa shape index (κ1) is 16.1. The zero-order valence-corrected chi connectivity index (χ0v) is 13.5. The number of nitrogen functional groups attached to an aromatic ring is 1. The van der Waals surface area contributed by atoms with Crippen molar-refractivity contribution in [3.63, 3.8) is 0 Å². The Balaban J connectivity index is 2.48. The topological polar surface area (TPSA) is 102 Å². The number of imidazole rings is 1. The Morgan fingerprint density at radius 3 is 2.86 bits per heavy atom. The van der Waals surface area contributed by atoms with Crippen LogP contribution in [0.1, 0.15) is 13.3 Å². The number of hydrogen-bond donors (Lipinski definition) is 3. The minimum Gasteiger partial charge on any atom is -0.306 e. The predicted octanol–water partition coefficient (Wildman–Crippen LogP) is 1.04. The summed E-state index contributed by atoms with van der Waals surface area (Å²) in [4.78, 5) is 4.18. The minimum atomic E-state index is -3.73. The summed E-state index contributed by atoms with van der Waals surface area (Å²) < 4.78 is 29.5. The maximum atomic E-state index is 12.7. The van der Waals surface area contributed by atoms with Gasteiger partial charge in [0.25, 0.3) is 10.0 Å². The van der Waals surface area contributed by atoms with Gasteiger partial charge in [0.05, 0.1) is 0 Å². The van der Waals surface area contributed by atoms with Crippen molar-refractivity contribution in [1.29, 1.82) is 0 Å². The molecule has 116 valence electrons. The number of nitrogens with one attached hydrogen (secondary N) is 2. The molecule has 0 fully saturated rings. The molecule has 1 atom stereocenters. The summed E-state index contributed by atoms with van der Waals surface area (Å²) in [5.41, 5.74) is 2.88. The lowest BCUT2D eigenvalue weighted by Gasteiger charge is -2.16. The Morgan fingerprint density at radius 2 is 2.24 bits per heavy atom. The molecule has 2 aromatic rings. The van der Waals surface area contributed by atoms with Crippen molar-refractivity contribution in [1.82, 2.24) is 14.1 Å². The van der Waals surface area contributed by atoms with Gasteiger partial charge < -0.3 is 5.43 Å². The van der Waals surface area contributed by atoms with Crippen molar-refractivity contribution in [3.8, 4) is 0 Å². The van der Waals surface area contributed by atoms with Gasteiger partial charge in [-0.05, 0) is 24.8 Å². The molecule has 2 aromatic heterocycles. The van der Waals surface area contributed by atoms with E-state index >= 15 is 0 Å². The predicted molar refractivity (Wildman–Crippen MR) is 85.8 cm³/mol. The lowest BCUT2D eigenvalue weighted by Crippen LogP contribution is -2.37. The first-order chi connectivity index (χ1) is 10.0. The number of sulfonamides is 1. The van der Waals surface area contributed by atoms with E-state index in [1.54, 1.807) is 36.2 Å². The van der Waals surface area contributed by atoms with Crippen molar-refractivity contribution in [3.05, 3.63) is 24.4 Å². The highest BCUT2D eigenvalue weighted by atomic mass is 32.2. The number of nitrogens with two attached hydrogens (primary N) is 1. The van der Waals surface area contributed by atoms with Gasteiger partial charge in [-0.25, -0.2) is 24.0 Å². The molecule has 7 nitrogen and oxygen atoms in total. The van der Waals surface area contributed by atoms with Crippen molar-refractivity contribution < 1.29 is 8.42 Å². The van der Waals surface area contributed by atoms with Crippen LogP contribution in [0.2, 0.25) is 0 Å². The molecular weight excluding hydrogens is 310 g/mol. The number of nitrogens with zero attached hydrogens (tertiary/aromatic N) is 2. The maximum absolute atomic E-state index is 12.7. The third kappa shape index (κ3) is 3.31. The fourth-order valence-corrected chi connectivity index (χ4v) is 4.44. The van der Waals surface area contributed by atoms with Crippen LogP contribution in [0.25, 0.3) is 5.65 Å². The van der Waals surface area contributed by atoms with E-state index in [1.165, 1.54) is 4.40 Å². The van der Waals surface area contributed by atoms with E-state index in [2.05, 4.69) is 15.1 Å². The number of rotatable bonds is 7. The Labute approximate surface area is 128 Å². The highest BCUT2D eigenvalue weighted by Crippen LogP contribution is 2.22. The molecule has 2 heterocycles. The molecule has 0 radical (unpaired) electrons. The Hall–Kier alpha value is -1.29. The number of aromatic nitrogens is 2. The Bertz CT molecular complexity index is 714. The van der Waals surface area contributed by atoms with E-state index in [9.17, 15) is 8.42 Å². The van der Waals surface area contributed by atoms with Crippen LogP contribution in [-0.2, 0) is 10.0 Å². The van der Waals surface area contributed by atoms with E-state index in [1.807, 2.05) is 13.2 Å². The molecule has 4 N–H and O–H groups in total. The number of anilines is 1. The van der Waals surface area contributed by atoms with Crippen LogP contribution >= 0.6 is 11.8 Å². The van der Waals surface area contributed by atoms with Gasteiger partial charge in [0.15, 0.2) is 10.8 Å². The molecule has 0 aromatic carbocycles. The second kappa shape index (κ2) is 6.65. The first-order valence-electron chi connectivity index (χ1n) is 6.48. The minimum absolute atomic E-state index is 0.0279. The molecule has 0 aliphatic heterocycles. The average molecular weight is 329 g/mol. The number of pyridine rings is 1. The molecule has 0 bridgehead atoms. The van der Waals surface area contributed by atoms with Crippen LogP contribution in [0.4, 0.5) is 5.82 Å². The smallest absolute Gasteiger partial charge is 0.260 e. The van der Waals surface area contributed by atoms with Gasteiger partial charge in [-0.2, -0.15) is 11.8 Å². The molecule has 21 heavy (non-hydrogen) atoms. The molecule has 2 rings (SSSR count). The van der Waals surface area contributed by atoms with Crippen LogP contribution in [0.3, 0.4) is 0 Å². The largest absolute Gasteiger partial charge is 0.306 e. The summed E-state index contributed by atoms with van der Waals surface area (Å²) in [5, 5.41) is 0.0279. The van der Waals surface area contributed by atoms with Gasteiger partial charge in [0.1, 0.15) is 5.65 Å². The standard InChI is InChI=1S/C12H19N5O2S2/c1-3-9(8-20-2)16-21(18,19)12-11(15-13)14-10-6-4-5-7-17(10)12/h4-7,9,15-16H,3,8,13H2,1-2H3. The molecule has 0 aliphatic carbocycles. The molecule has 0 saturated carbocycles. The molecule has 0 spiro atoms. The third-order valence-electron chi connectivity index (χ3n) is 3.06. The quantitative estimate of drug-likeness (QED) is 0.518. The normalized spacial score (nSPS) is 13.5. The summed E-state index contributed by atoms with van der Waals surface area (Å²) >= 11 is 1.60. The van der Waals surface area contributed by atoms with E-state index in [-0.39, 0.29) is 16.9 Å². The summed E-state index contributed by atoms with van der Waals surface area (Å²) in [7, 11) is -3.73. The molecular formula is C12H19N5O2S2. The second-order valence-electron chi connectivity index (χ2n) is 4.52. The van der Waals surface area contributed by atoms with Crippen LogP contribution in [0.5, 0.6) is 0 Å². The summed E-state index contributed by atoms with van der Waals surface area (Å²) in [6, 6.07) is 5.12.